The summed E-state index contributed by atoms with van der Waals surface area (Å²) in [6, 6.07) is 11.5. The third-order valence-corrected chi connectivity index (χ3v) is 9.76. The highest BCUT2D eigenvalue weighted by Crippen LogP contribution is 2.33. The lowest BCUT2D eigenvalue weighted by molar-refractivity contribution is 0.603. The Balaban J connectivity index is 1.79. The van der Waals surface area contributed by atoms with E-state index in [2.05, 4.69) is 103 Å². The molecule has 3 rings (SSSR count). The summed E-state index contributed by atoms with van der Waals surface area (Å²) in [5.41, 5.74) is 1.94. The highest BCUT2D eigenvalue weighted by molar-refractivity contribution is 7.15. The molecule has 0 aliphatic carbocycles. The Kier molecular flexibility index (Phi) is 9.00. The maximum Gasteiger partial charge on any atom is 0.0309 e. The van der Waals surface area contributed by atoms with Crippen LogP contribution >= 0.6 is 34.0 Å². The lowest BCUT2D eigenvalue weighted by atomic mass is 9.95. The summed E-state index contributed by atoms with van der Waals surface area (Å²) in [6.07, 6.45) is 15.6. The molecule has 0 aromatic carbocycles. The highest BCUT2D eigenvalue weighted by Gasteiger charge is 2.16. The van der Waals surface area contributed by atoms with Crippen molar-refractivity contribution in [3.05, 3.63) is 65.2 Å². The molecule has 0 saturated carbocycles. The number of hydrogen-bond acceptors (Lipinski definition) is 3. The SMILES string of the molecule is CCCCCCc1cc(/C=C/c2ccc(C(C)(C)C)s2)sc1/C=C/c1ccc(C(C)(C)C)s1. The molecule has 0 fully saturated rings. The topological polar surface area (TPSA) is 0 Å². The van der Waals surface area contributed by atoms with Crippen molar-refractivity contribution in [2.45, 2.75) is 91.4 Å². The summed E-state index contributed by atoms with van der Waals surface area (Å²) in [5.74, 6) is 0. The van der Waals surface area contributed by atoms with Gasteiger partial charge in [-0.3, -0.25) is 0 Å². The van der Waals surface area contributed by atoms with Gasteiger partial charge < -0.3 is 0 Å². The standard InChI is InChI=1S/C30H40S3/c1-8-9-10-11-12-22-21-25(14-13-23-16-19-27(32-23)29(2,3)4)31-26(22)18-15-24-17-20-28(33-24)30(5,6)7/h13-21H,8-12H2,1-7H3/b14-13+,18-15+. The second kappa shape index (κ2) is 11.3. The predicted octanol–water partition coefficient (Wildman–Crippen LogP) is 10.9. The smallest absolute Gasteiger partial charge is 0.0309 e. The molecule has 3 aromatic heterocycles. The van der Waals surface area contributed by atoms with Crippen molar-refractivity contribution < 1.29 is 0 Å². The van der Waals surface area contributed by atoms with E-state index < -0.39 is 0 Å². The van der Waals surface area contributed by atoms with Crippen LogP contribution in [-0.4, -0.2) is 0 Å². The van der Waals surface area contributed by atoms with Gasteiger partial charge in [-0.15, -0.1) is 34.0 Å². The van der Waals surface area contributed by atoms with Crippen LogP contribution in [0.4, 0.5) is 0 Å². The summed E-state index contributed by atoms with van der Waals surface area (Å²) in [7, 11) is 0. The Morgan fingerprint density at radius 1 is 0.636 bits per heavy atom. The Labute approximate surface area is 214 Å². The molecule has 0 radical (unpaired) electrons. The van der Waals surface area contributed by atoms with Gasteiger partial charge in [-0.2, -0.15) is 0 Å². The summed E-state index contributed by atoms with van der Waals surface area (Å²) in [6.45, 7) is 16.0. The van der Waals surface area contributed by atoms with E-state index in [1.165, 1.54) is 66.9 Å². The van der Waals surface area contributed by atoms with Crippen molar-refractivity contribution in [3.8, 4) is 0 Å². The van der Waals surface area contributed by atoms with E-state index in [1.807, 2.05) is 34.0 Å². The summed E-state index contributed by atoms with van der Waals surface area (Å²) in [4.78, 5) is 8.34. The maximum absolute atomic E-state index is 2.42. The van der Waals surface area contributed by atoms with Gasteiger partial charge in [0.2, 0.25) is 0 Å². The van der Waals surface area contributed by atoms with E-state index in [0.717, 1.165) is 0 Å². The molecule has 0 N–H and O–H groups in total. The van der Waals surface area contributed by atoms with E-state index in [1.54, 1.807) is 0 Å². The van der Waals surface area contributed by atoms with Crippen LogP contribution in [0.25, 0.3) is 24.3 Å². The molecule has 33 heavy (non-hydrogen) atoms. The Morgan fingerprint density at radius 3 is 1.70 bits per heavy atom. The van der Waals surface area contributed by atoms with Crippen LogP contribution in [-0.2, 0) is 17.3 Å². The second-order valence-electron chi connectivity index (χ2n) is 10.9. The fourth-order valence-electron chi connectivity index (χ4n) is 3.64. The average molecular weight is 497 g/mol. The first-order chi connectivity index (χ1) is 15.6. The first-order valence-corrected chi connectivity index (χ1v) is 14.7. The normalized spacial score (nSPS) is 13.1. The van der Waals surface area contributed by atoms with Gasteiger partial charge in [0.05, 0.1) is 0 Å². The minimum atomic E-state index is 0.219. The fourth-order valence-corrected chi connectivity index (χ4v) is 6.59. The molecule has 0 nitrogen and oxygen atoms in total. The molecule has 0 spiro atoms. The molecular weight excluding hydrogens is 457 g/mol. The molecule has 0 unspecified atom stereocenters. The monoisotopic (exact) mass is 496 g/mol. The van der Waals surface area contributed by atoms with E-state index in [-0.39, 0.29) is 10.8 Å². The Morgan fingerprint density at radius 2 is 1.18 bits per heavy atom. The van der Waals surface area contributed by atoms with Crippen molar-refractivity contribution >= 4 is 58.3 Å². The fraction of sp³-hybridized carbons (Fsp3) is 0.467. The van der Waals surface area contributed by atoms with Crippen LogP contribution in [0, 0.1) is 0 Å². The van der Waals surface area contributed by atoms with Gasteiger partial charge in [0.15, 0.2) is 0 Å². The molecule has 0 atom stereocenters. The van der Waals surface area contributed by atoms with Crippen LogP contribution in [0.15, 0.2) is 30.3 Å². The van der Waals surface area contributed by atoms with Crippen LogP contribution in [0.5, 0.6) is 0 Å². The van der Waals surface area contributed by atoms with Crippen molar-refractivity contribution in [2.24, 2.45) is 0 Å². The molecular formula is C30H40S3. The van der Waals surface area contributed by atoms with Crippen molar-refractivity contribution in [2.75, 3.05) is 0 Å². The molecule has 178 valence electrons. The van der Waals surface area contributed by atoms with E-state index >= 15 is 0 Å². The Hall–Kier alpha value is -1.42. The minimum absolute atomic E-state index is 0.219. The largest absolute Gasteiger partial charge is 0.140 e. The van der Waals surface area contributed by atoms with Crippen LogP contribution < -0.4 is 0 Å². The van der Waals surface area contributed by atoms with Crippen LogP contribution in [0.1, 0.15) is 109 Å². The van der Waals surface area contributed by atoms with Gasteiger partial charge >= 0.3 is 0 Å². The van der Waals surface area contributed by atoms with Gasteiger partial charge in [0.25, 0.3) is 0 Å². The maximum atomic E-state index is 2.42. The third kappa shape index (κ3) is 7.80. The molecule has 3 aromatic rings. The zero-order chi connectivity index (χ0) is 24.1. The number of hydrogen-bond donors (Lipinski definition) is 0. The van der Waals surface area contributed by atoms with Crippen LogP contribution in [0.3, 0.4) is 0 Å². The lowest BCUT2D eigenvalue weighted by Crippen LogP contribution is -2.07. The summed E-state index contributed by atoms with van der Waals surface area (Å²) in [5, 5.41) is 0. The number of unbranched alkanes of at least 4 members (excludes halogenated alkanes) is 3. The first-order valence-electron chi connectivity index (χ1n) is 12.3. The number of thiophene rings is 3. The van der Waals surface area contributed by atoms with Gasteiger partial charge in [-0.1, -0.05) is 67.7 Å². The lowest BCUT2D eigenvalue weighted by Gasteiger charge is -2.15. The van der Waals surface area contributed by atoms with Crippen LogP contribution in [0.2, 0.25) is 0 Å². The number of rotatable bonds is 9. The van der Waals surface area contributed by atoms with Gasteiger partial charge in [-0.05, 0) is 83.9 Å². The first kappa shape index (κ1) is 26.2. The molecule has 0 aliphatic rings. The van der Waals surface area contributed by atoms with Crippen molar-refractivity contribution in [1.29, 1.82) is 0 Å². The molecule has 3 heterocycles. The predicted molar refractivity (Wildman–Crippen MR) is 156 cm³/mol. The molecule has 0 saturated heterocycles. The third-order valence-electron chi connectivity index (χ3n) is 5.70. The molecule has 0 bridgehead atoms. The molecule has 3 heteroatoms. The zero-order valence-corrected chi connectivity index (χ0v) is 23.9. The Bertz CT molecular complexity index is 1070. The summed E-state index contributed by atoms with van der Waals surface area (Å²) >= 11 is 5.74. The average Bonchev–Trinajstić information content (AvgIpc) is 3.47. The highest BCUT2D eigenvalue weighted by atomic mass is 32.1. The molecule has 0 aliphatic heterocycles. The van der Waals surface area contributed by atoms with E-state index in [4.69, 9.17) is 0 Å². The zero-order valence-electron chi connectivity index (χ0n) is 21.5. The minimum Gasteiger partial charge on any atom is -0.140 e. The summed E-state index contributed by atoms with van der Waals surface area (Å²) < 4.78 is 0. The second-order valence-corrected chi connectivity index (χ2v) is 14.3. The number of aryl methyl sites for hydroxylation is 1. The van der Waals surface area contributed by atoms with Gasteiger partial charge in [0, 0.05) is 29.3 Å². The van der Waals surface area contributed by atoms with Crippen molar-refractivity contribution in [1.82, 2.24) is 0 Å². The van der Waals surface area contributed by atoms with E-state index in [0.29, 0.717) is 0 Å². The van der Waals surface area contributed by atoms with Crippen molar-refractivity contribution in [3.63, 3.8) is 0 Å². The quantitative estimate of drug-likeness (QED) is 0.258. The van der Waals surface area contributed by atoms with Gasteiger partial charge in [-0.25, -0.2) is 0 Å². The van der Waals surface area contributed by atoms with E-state index in [9.17, 15) is 0 Å². The van der Waals surface area contributed by atoms with Gasteiger partial charge in [0.1, 0.15) is 0 Å². The molecule has 0 amide bonds.